The monoisotopic (exact) mass is 807 g/mol. The molecule has 0 aliphatic rings. The Balaban J connectivity index is 4.31. The normalized spacial score (nSPS) is 12.6. The summed E-state index contributed by atoms with van der Waals surface area (Å²) in [5, 5.41) is 0. The molecule has 0 heterocycles. The third-order valence-corrected chi connectivity index (χ3v) is 11.8. The Hall–Kier alpha value is -1.59. The van der Waals surface area contributed by atoms with Gasteiger partial charge in [0.1, 0.15) is 13.2 Å². The highest BCUT2D eigenvalue weighted by molar-refractivity contribution is 5.71. The zero-order valence-electron chi connectivity index (χ0n) is 39.1. The molecule has 0 rings (SSSR count). The van der Waals surface area contributed by atoms with Gasteiger partial charge in [-0.3, -0.25) is 14.4 Å². The molecule has 6 nitrogen and oxygen atoms in total. The van der Waals surface area contributed by atoms with Gasteiger partial charge >= 0.3 is 17.9 Å². The molecular formula is C51H98O6. The van der Waals surface area contributed by atoms with Crippen molar-refractivity contribution in [3.8, 4) is 0 Å². The molecule has 57 heavy (non-hydrogen) atoms. The Morgan fingerprint density at radius 1 is 0.351 bits per heavy atom. The molecule has 0 aromatic rings. The first kappa shape index (κ1) is 55.4. The van der Waals surface area contributed by atoms with Crippen LogP contribution in [0, 0.1) is 17.8 Å². The first-order valence-electron chi connectivity index (χ1n) is 25.1. The van der Waals surface area contributed by atoms with E-state index in [2.05, 4.69) is 41.5 Å². The Bertz CT molecular complexity index is 885. The van der Waals surface area contributed by atoms with E-state index in [-0.39, 0.29) is 31.1 Å². The van der Waals surface area contributed by atoms with E-state index in [1.54, 1.807) is 0 Å². The minimum absolute atomic E-state index is 0.0656. The van der Waals surface area contributed by atoms with Crippen LogP contribution < -0.4 is 0 Å². The molecule has 0 aromatic carbocycles. The van der Waals surface area contributed by atoms with E-state index in [4.69, 9.17) is 14.2 Å². The van der Waals surface area contributed by atoms with Crippen LogP contribution >= 0.6 is 0 Å². The Kier molecular flexibility index (Phi) is 41.3. The summed E-state index contributed by atoms with van der Waals surface area (Å²) in [4.78, 5) is 37.9. The summed E-state index contributed by atoms with van der Waals surface area (Å²) >= 11 is 0. The quantitative estimate of drug-likeness (QED) is 0.0347. The third kappa shape index (κ3) is 43.8. The van der Waals surface area contributed by atoms with Gasteiger partial charge in [0.05, 0.1) is 0 Å². The molecule has 1 unspecified atom stereocenters. The van der Waals surface area contributed by atoms with Crippen LogP contribution in [0.4, 0.5) is 0 Å². The Labute approximate surface area is 355 Å². The third-order valence-electron chi connectivity index (χ3n) is 11.8. The molecule has 0 aromatic heterocycles. The summed E-state index contributed by atoms with van der Waals surface area (Å²) < 4.78 is 16.8. The van der Waals surface area contributed by atoms with Crippen molar-refractivity contribution in [1.29, 1.82) is 0 Å². The van der Waals surface area contributed by atoms with Crippen LogP contribution in [0.1, 0.15) is 273 Å². The van der Waals surface area contributed by atoms with Gasteiger partial charge in [-0.15, -0.1) is 0 Å². The van der Waals surface area contributed by atoms with E-state index in [1.165, 1.54) is 154 Å². The summed E-state index contributed by atoms with van der Waals surface area (Å²) in [6.45, 7) is 13.7. The maximum atomic E-state index is 12.8. The van der Waals surface area contributed by atoms with Crippen molar-refractivity contribution in [2.75, 3.05) is 13.2 Å². The zero-order chi connectivity index (χ0) is 42.0. The van der Waals surface area contributed by atoms with Crippen LogP contribution in [0.15, 0.2) is 0 Å². The van der Waals surface area contributed by atoms with Gasteiger partial charge in [-0.1, -0.05) is 234 Å². The van der Waals surface area contributed by atoms with Crippen molar-refractivity contribution in [2.24, 2.45) is 17.8 Å². The van der Waals surface area contributed by atoms with Gasteiger partial charge in [-0.2, -0.15) is 0 Å². The fourth-order valence-corrected chi connectivity index (χ4v) is 7.55. The predicted octanol–water partition coefficient (Wildman–Crippen LogP) is 16.0. The van der Waals surface area contributed by atoms with E-state index < -0.39 is 6.10 Å². The van der Waals surface area contributed by atoms with E-state index in [1.807, 2.05) is 0 Å². The van der Waals surface area contributed by atoms with Gasteiger partial charge in [-0.05, 0) is 37.0 Å². The number of ether oxygens (including phenoxy) is 3. The molecule has 0 spiro atoms. The lowest BCUT2D eigenvalue weighted by Gasteiger charge is -2.18. The van der Waals surface area contributed by atoms with Gasteiger partial charge in [-0.25, -0.2) is 0 Å². The molecule has 338 valence electrons. The largest absolute Gasteiger partial charge is 0.462 e. The lowest BCUT2D eigenvalue weighted by atomic mass is 10.00. The standard InChI is InChI=1S/C51H98O6/c1-7-47(6)39-33-27-23-24-29-35-41-50(53)56-44-48(57-51(54)42-36-30-22-18-14-13-16-20-26-32-38-46(4)5)43-55-49(52)40-34-28-21-17-12-10-8-9-11-15-19-25-31-37-45(2)3/h45-48H,7-44H2,1-6H3/t47?,48-/m0/s1. The molecule has 0 radical (unpaired) electrons. The molecule has 0 aliphatic heterocycles. The van der Waals surface area contributed by atoms with Crippen molar-refractivity contribution >= 4 is 17.9 Å². The maximum absolute atomic E-state index is 12.8. The van der Waals surface area contributed by atoms with Crippen LogP contribution in [0.3, 0.4) is 0 Å². The highest BCUT2D eigenvalue weighted by Crippen LogP contribution is 2.18. The SMILES string of the molecule is CCC(C)CCCCCCCCC(=O)OC[C@H](COC(=O)CCCCCCCCCCCCCCCC(C)C)OC(=O)CCCCCCCCCCCCC(C)C. The van der Waals surface area contributed by atoms with Crippen molar-refractivity contribution in [2.45, 2.75) is 279 Å². The lowest BCUT2D eigenvalue weighted by Crippen LogP contribution is -2.30. The van der Waals surface area contributed by atoms with Crippen LogP contribution in [0.25, 0.3) is 0 Å². The van der Waals surface area contributed by atoms with Crippen LogP contribution in [-0.4, -0.2) is 37.2 Å². The van der Waals surface area contributed by atoms with Gasteiger partial charge in [0.15, 0.2) is 6.10 Å². The summed E-state index contributed by atoms with van der Waals surface area (Å²) in [6.07, 6.45) is 40.9. The van der Waals surface area contributed by atoms with E-state index in [0.717, 1.165) is 75.5 Å². The molecule has 2 atom stereocenters. The van der Waals surface area contributed by atoms with Gasteiger partial charge in [0, 0.05) is 19.3 Å². The van der Waals surface area contributed by atoms with Crippen LogP contribution in [0.5, 0.6) is 0 Å². The highest BCUT2D eigenvalue weighted by atomic mass is 16.6. The number of esters is 3. The Morgan fingerprint density at radius 2 is 0.614 bits per heavy atom. The van der Waals surface area contributed by atoms with Crippen LogP contribution in [0.2, 0.25) is 0 Å². The van der Waals surface area contributed by atoms with Gasteiger partial charge in [0.25, 0.3) is 0 Å². The summed E-state index contributed by atoms with van der Waals surface area (Å²) in [7, 11) is 0. The highest BCUT2D eigenvalue weighted by Gasteiger charge is 2.19. The molecule has 0 saturated heterocycles. The molecule has 6 heteroatoms. The van der Waals surface area contributed by atoms with E-state index >= 15 is 0 Å². The van der Waals surface area contributed by atoms with E-state index in [9.17, 15) is 14.4 Å². The predicted molar refractivity (Wildman–Crippen MR) is 243 cm³/mol. The molecule has 0 N–H and O–H groups in total. The minimum atomic E-state index is -0.763. The number of carbonyl (C=O) groups excluding carboxylic acids is 3. The number of hydrogen-bond acceptors (Lipinski definition) is 6. The first-order chi connectivity index (χ1) is 27.6. The smallest absolute Gasteiger partial charge is 0.306 e. The second-order valence-electron chi connectivity index (χ2n) is 18.6. The van der Waals surface area contributed by atoms with Crippen molar-refractivity contribution in [3.05, 3.63) is 0 Å². The number of hydrogen-bond donors (Lipinski definition) is 0. The van der Waals surface area contributed by atoms with Gasteiger partial charge in [0.2, 0.25) is 0 Å². The molecule has 0 bridgehead atoms. The fraction of sp³-hybridized carbons (Fsp3) is 0.941. The summed E-state index contributed by atoms with van der Waals surface area (Å²) in [6, 6.07) is 0. The Morgan fingerprint density at radius 3 is 0.912 bits per heavy atom. The molecule has 0 saturated carbocycles. The second-order valence-corrected chi connectivity index (χ2v) is 18.6. The zero-order valence-corrected chi connectivity index (χ0v) is 39.1. The van der Waals surface area contributed by atoms with Gasteiger partial charge < -0.3 is 14.2 Å². The summed E-state index contributed by atoms with van der Waals surface area (Å²) in [5.41, 5.74) is 0. The molecule has 0 fully saturated rings. The minimum Gasteiger partial charge on any atom is -0.462 e. The van der Waals surface area contributed by atoms with Crippen molar-refractivity contribution in [1.82, 2.24) is 0 Å². The number of rotatable bonds is 44. The molecule has 0 aliphatic carbocycles. The van der Waals surface area contributed by atoms with Crippen molar-refractivity contribution < 1.29 is 28.6 Å². The van der Waals surface area contributed by atoms with Crippen LogP contribution in [-0.2, 0) is 28.6 Å². The van der Waals surface area contributed by atoms with Crippen molar-refractivity contribution in [3.63, 3.8) is 0 Å². The first-order valence-corrected chi connectivity index (χ1v) is 25.1. The fourth-order valence-electron chi connectivity index (χ4n) is 7.55. The maximum Gasteiger partial charge on any atom is 0.306 e. The topological polar surface area (TPSA) is 78.9 Å². The second kappa shape index (κ2) is 42.5. The van der Waals surface area contributed by atoms with E-state index in [0.29, 0.717) is 19.3 Å². The molecule has 0 amide bonds. The summed E-state index contributed by atoms with van der Waals surface area (Å²) in [5.74, 6) is 1.61. The number of carbonyl (C=O) groups is 3. The average Bonchev–Trinajstić information content (AvgIpc) is 3.18. The number of unbranched alkanes of at least 4 members (excludes halogenated alkanes) is 26. The average molecular weight is 807 g/mol. The lowest BCUT2D eigenvalue weighted by molar-refractivity contribution is -0.167. The molecular weight excluding hydrogens is 709 g/mol.